The highest BCUT2D eigenvalue weighted by molar-refractivity contribution is 7.99. The third-order valence-electron chi connectivity index (χ3n) is 11.3. The predicted molar refractivity (Wildman–Crippen MR) is 254 cm³/mol. The SMILES string of the molecule is OCCOc1c(-c2ccc3ccccc3c2)cc(Sc2cc(-c3ccc4ccccc4c3)c(OCCO)c(-c3ccc4ccccc4c3)c2)cc1-c1ccc2ccccc2c1. The number of fused-ring (bicyclic) bond motifs is 4. The Bertz CT molecular complexity index is 2810. The zero-order valence-electron chi connectivity index (χ0n) is 33.4. The summed E-state index contributed by atoms with van der Waals surface area (Å²) in [4.78, 5) is 2.06. The molecule has 0 bridgehead atoms. The van der Waals surface area contributed by atoms with Crippen LogP contribution < -0.4 is 9.47 Å². The molecule has 296 valence electrons. The van der Waals surface area contributed by atoms with E-state index < -0.39 is 0 Å². The lowest BCUT2D eigenvalue weighted by Gasteiger charge is -2.21. The van der Waals surface area contributed by atoms with Crippen LogP contribution in [0.3, 0.4) is 0 Å². The van der Waals surface area contributed by atoms with Gasteiger partial charge in [-0.15, -0.1) is 0 Å². The van der Waals surface area contributed by atoms with Crippen LogP contribution in [0.25, 0.3) is 87.6 Å². The van der Waals surface area contributed by atoms with Gasteiger partial charge in [0.05, 0.1) is 13.2 Å². The Hall–Kier alpha value is -6.89. The summed E-state index contributed by atoms with van der Waals surface area (Å²) in [7, 11) is 0. The molecule has 10 rings (SSSR count). The molecule has 0 aromatic heterocycles. The summed E-state index contributed by atoms with van der Waals surface area (Å²) in [6.45, 7) is 0.107. The van der Waals surface area contributed by atoms with Gasteiger partial charge in [-0.2, -0.15) is 0 Å². The Morgan fingerprint density at radius 1 is 0.311 bits per heavy atom. The van der Waals surface area contributed by atoms with Crippen molar-refractivity contribution >= 4 is 54.9 Å². The third kappa shape index (κ3) is 7.83. The molecular weight excluding hydrogens is 769 g/mol. The third-order valence-corrected chi connectivity index (χ3v) is 12.2. The van der Waals surface area contributed by atoms with Gasteiger partial charge in [0.2, 0.25) is 0 Å². The molecular formula is C56H42O4S. The van der Waals surface area contributed by atoms with Gasteiger partial charge in [-0.05, 0) is 114 Å². The molecule has 0 atom stereocenters. The van der Waals surface area contributed by atoms with Crippen molar-refractivity contribution in [1.29, 1.82) is 0 Å². The van der Waals surface area contributed by atoms with Crippen LogP contribution in [-0.2, 0) is 0 Å². The number of hydrogen-bond acceptors (Lipinski definition) is 5. The van der Waals surface area contributed by atoms with Crippen molar-refractivity contribution in [2.24, 2.45) is 0 Å². The van der Waals surface area contributed by atoms with E-state index in [9.17, 15) is 10.2 Å². The number of rotatable bonds is 12. The van der Waals surface area contributed by atoms with Gasteiger partial charge >= 0.3 is 0 Å². The molecule has 0 fully saturated rings. The van der Waals surface area contributed by atoms with Crippen LogP contribution in [0.5, 0.6) is 11.5 Å². The molecule has 0 saturated heterocycles. The summed E-state index contributed by atoms with van der Waals surface area (Å²) in [5, 5.41) is 29.3. The van der Waals surface area contributed by atoms with Crippen LogP contribution >= 0.6 is 11.8 Å². The molecule has 0 aliphatic rings. The van der Waals surface area contributed by atoms with Crippen LogP contribution in [0.15, 0.2) is 204 Å². The highest BCUT2D eigenvalue weighted by Crippen LogP contribution is 2.48. The fourth-order valence-corrected chi connectivity index (χ4v) is 9.33. The molecule has 61 heavy (non-hydrogen) atoms. The molecule has 0 unspecified atom stereocenters. The monoisotopic (exact) mass is 810 g/mol. The molecule has 0 radical (unpaired) electrons. The standard InChI is InChI=1S/C56H42O4S/c57-25-27-59-55-51(45-21-17-37-9-1-5-13-41(37)29-45)33-49(34-52(55)46-22-18-38-10-2-6-14-42(38)30-46)61-50-35-53(47-23-19-39-11-3-7-15-43(39)31-47)56(60-28-26-58)54(36-50)48-24-20-40-12-4-8-16-44(40)32-48/h1-24,29-36,57-58H,25-28H2. The highest BCUT2D eigenvalue weighted by Gasteiger charge is 2.21. The second kappa shape index (κ2) is 17.0. The van der Waals surface area contributed by atoms with Crippen LogP contribution in [0.2, 0.25) is 0 Å². The molecule has 0 saturated carbocycles. The van der Waals surface area contributed by atoms with Gasteiger partial charge in [0.1, 0.15) is 24.7 Å². The van der Waals surface area contributed by atoms with Gasteiger partial charge in [0.15, 0.2) is 0 Å². The second-order valence-electron chi connectivity index (χ2n) is 15.2. The largest absolute Gasteiger partial charge is 0.490 e. The molecule has 0 heterocycles. The Balaban J connectivity index is 1.20. The first-order chi connectivity index (χ1) is 30.1. The topological polar surface area (TPSA) is 58.9 Å². The molecule has 0 spiro atoms. The number of ether oxygens (including phenoxy) is 2. The van der Waals surface area contributed by atoms with E-state index in [1.165, 1.54) is 0 Å². The lowest BCUT2D eigenvalue weighted by molar-refractivity contribution is 0.202. The predicted octanol–water partition coefficient (Wildman–Crippen LogP) is 13.9. The Kier molecular flexibility index (Phi) is 10.7. The quantitative estimate of drug-likeness (QED) is 0.129. The molecule has 0 amide bonds. The van der Waals surface area contributed by atoms with E-state index in [0.29, 0.717) is 0 Å². The smallest absolute Gasteiger partial charge is 0.135 e. The van der Waals surface area contributed by atoms with Gasteiger partial charge in [-0.1, -0.05) is 157 Å². The van der Waals surface area contributed by atoms with Gasteiger partial charge in [0, 0.05) is 32.0 Å². The fourth-order valence-electron chi connectivity index (χ4n) is 8.35. The lowest BCUT2D eigenvalue weighted by Crippen LogP contribution is -2.05. The maximum absolute atomic E-state index is 10.1. The Morgan fingerprint density at radius 3 is 0.836 bits per heavy atom. The van der Waals surface area contributed by atoms with E-state index >= 15 is 0 Å². The van der Waals surface area contributed by atoms with E-state index in [0.717, 1.165) is 109 Å². The molecule has 0 aliphatic carbocycles. The molecule has 10 aromatic rings. The van der Waals surface area contributed by atoms with Crippen LogP contribution in [0.1, 0.15) is 0 Å². The number of benzene rings is 10. The Morgan fingerprint density at radius 2 is 0.574 bits per heavy atom. The number of aliphatic hydroxyl groups excluding tert-OH is 2. The zero-order chi connectivity index (χ0) is 41.1. The van der Waals surface area contributed by atoms with Gasteiger partial charge in [-0.25, -0.2) is 0 Å². The maximum Gasteiger partial charge on any atom is 0.135 e. The molecule has 5 heteroatoms. The molecule has 4 nitrogen and oxygen atoms in total. The first-order valence-electron chi connectivity index (χ1n) is 20.6. The fraction of sp³-hybridized carbons (Fsp3) is 0.0714. The first-order valence-corrected chi connectivity index (χ1v) is 21.4. The van der Waals surface area contributed by atoms with E-state index in [-0.39, 0.29) is 26.4 Å². The van der Waals surface area contributed by atoms with Crippen molar-refractivity contribution in [2.75, 3.05) is 26.4 Å². The van der Waals surface area contributed by atoms with Crippen molar-refractivity contribution in [1.82, 2.24) is 0 Å². The lowest BCUT2D eigenvalue weighted by atomic mass is 9.94. The summed E-state index contributed by atoms with van der Waals surface area (Å²) in [6, 6.07) is 68.6. The summed E-state index contributed by atoms with van der Waals surface area (Å²) in [6.07, 6.45) is 0. The van der Waals surface area contributed by atoms with Crippen molar-refractivity contribution < 1.29 is 19.7 Å². The average molecular weight is 811 g/mol. The summed E-state index contributed by atoms with van der Waals surface area (Å²) in [5.41, 5.74) is 7.88. The average Bonchev–Trinajstić information content (AvgIpc) is 3.32. The maximum atomic E-state index is 10.1. The van der Waals surface area contributed by atoms with E-state index in [4.69, 9.17) is 9.47 Å². The summed E-state index contributed by atoms with van der Waals surface area (Å²) < 4.78 is 13.1. The highest BCUT2D eigenvalue weighted by atomic mass is 32.2. The second-order valence-corrected chi connectivity index (χ2v) is 16.3. The van der Waals surface area contributed by atoms with E-state index in [1.807, 2.05) is 0 Å². The van der Waals surface area contributed by atoms with Crippen molar-refractivity contribution in [2.45, 2.75) is 9.79 Å². The molecule has 2 N–H and O–H groups in total. The number of aliphatic hydroxyl groups is 2. The first kappa shape index (κ1) is 38.3. The van der Waals surface area contributed by atoms with Gasteiger partial charge in [0.25, 0.3) is 0 Å². The Labute approximate surface area is 359 Å². The molecule has 10 aromatic carbocycles. The number of hydrogen-bond donors (Lipinski definition) is 2. The van der Waals surface area contributed by atoms with Crippen molar-refractivity contribution in [3.8, 4) is 56.0 Å². The summed E-state index contributed by atoms with van der Waals surface area (Å²) in [5.74, 6) is 1.45. The van der Waals surface area contributed by atoms with Gasteiger partial charge < -0.3 is 19.7 Å². The molecule has 0 aliphatic heterocycles. The van der Waals surface area contributed by atoms with Crippen molar-refractivity contribution in [3.05, 3.63) is 194 Å². The minimum Gasteiger partial charge on any atom is -0.490 e. The minimum absolute atomic E-state index is 0.107. The van der Waals surface area contributed by atoms with E-state index in [1.54, 1.807) is 11.8 Å². The normalized spacial score (nSPS) is 11.4. The zero-order valence-corrected chi connectivity index (χ0v) is 34.2. The van der Waals surface area contributed by atoms with Gasteiger partial charge in [-0.3, -0.25) is 0 Å². The van der Waals surface area contributed by atoms with Crippen LogP contribution in [0, 0.1) is 0 Å². The summed E-state index contributed by atoms with van der Waals surface area (Å²) >= 11 is 1.69. The van der Waals surface area contributed by atoms with Crippen molar-refractivity contribution in [3.63, 3.8) is 0 Å². The van der Waals surface area contributed by atoms with E-state index in [2.05, 4.69) is 194 Å². The van der Waals surface area contributed by atoms with Crippen LogP contribution in [0.4, 0.5) is 0 Å². The minimum atomic E-state index is -0.107. The van der Waals surface area contributed by atoms with Crippen LogP contribution in [-0.4, -0.2) is 36.6 Å².